The number of fused-ring (bicyclic) bond motifs is 5. The van der Waals surface area contributed by atoms with E-state index in [2.05, 4.69) is 72.8 Å². The van der Waals surface area contributed by atoms with Gasteiger partial charge in [0.15, 0.2) is 0 Å². The molecular formula is C20H18. The summed E-state index contributed by atoms with van der Waals surface area (Å²) in [7, 11) is 0. The first kappa shape index (κ1) is 9.99. The number of allylic oxidation sites excluding steroid dienone is 2. The molecule has 0 nitrogen and oxygen atoms in total. The van der Waals surface area contributed by atoms with Crippen LogP contribution in [0.15, 0.2) is 72.8 Å². The molecule has 0 spiro atoms. The molecule has 0 heterocycles. The second kappa shape index (κ2) is 3.63. The van der Waals surface area contributed by atoms with Crippen molar-refractivity contribution in [3.05, 3.63) is 83.9 Å². The van der Waals surface area contributed by atoms with E-state index in [1.807, 2.05) is 0 Å². The molecule has 2 fully saturated rings. The minimum Gasteiger partial charge on any atom is -0.0848 e. The fourth-order valence-corrected chi connectivity index (χ4v) is 5.01. The van der Waals surface area contributed by atoms with Crippen LogP contribution < -0.4 is 0 Å². The van der Waals surface area contributed by atoms with E-state index in [4.69, 9.17) is 1.37 Å². The van der Waals surface area contributed by atoms with Crippen LogP contribution in [0.2, 0.25) is 0 Å². The zero-order valence-corrected chi connectivity index (χ0v) is 11.3. The van der Waals surface area contributed by atoms with Crippen molar-refractivity contribution in [3.8, 4) is 0 Å². The highest BCUT2D eigenvalue weighted by Crippen LogP contribution is 2.76. The summed E-state index contributed by atoms with van der Waals surface area (Å²) in [6.07, 6.45) is 4.73. The molecule has 2 aromatic rings. The van der Waals surface area contributed by atoms with Crippen molar-refractivity contribution in [2.24, 2.45) is 23.7 Å². The Bertz CT molecular complexity index is 642. The van der Waals surface area contributed by atoms with E-state index < -0.39 is 0 Å². The van der Waals surface area contributed by atoms with E-state index in [-0.39, 0.29) is 11.8 Å². The molecule has 0 N–H and O–H groups in total. The number of benzene rings is 2. The summed E-state index contributed by atoms with van der Waals surface area (Å²) in [6.45, 7) is 0. The van der Waals surface area contributed by atoms with E-state index in [9.17, 15) is 0 Å². The third-order valence-corrected chi connectivity index (χ3v) is 5.66. The second-order valence-electron chi connectivity index (χ2n) is 6.38. The van der Waals surface area contributed by atoms with Crippen LogP contribution in [0, 0.1) is 23.7 Å². The Morgan fingerprint density at radius 2 is 1.20 bits per heavy atom. The monoisotopic (exact) mass is 259 g/mol. The quantitative estimate of drug-likeness (QED) is 0.700. The zero-order valence-electron chi connectivity index (χ0n) is 12.3. The molecule has 0 amide bonds. The van der Waals surface area contributed by atoms with Crippen LogP contribution in [0.1, 0.15) is 18.9 Å². The summed E-state index contributed by atoms with van der Waals surface area (Å²) >= 11 is 0. The fraction of sp³-hybridized carbons (Fsp3) is 0.300. The van der Waals surface area contributed by atoms with Crippen LogP contribution >= 0.6 is 0 Å². The molecule has 2 saturated carbocycles. The van der Waals surface area contributed by atoms with Gasteiger partial charge in [0.2, 0.25) is 0 Å². The molecular weight excluding hydrogens is 240 g/mol. The van der Waals surface area contributed by atoms with Gasteiger partial charge in [-0.2, -0.15) is 0 Å². The van der Waals surface area contributed by atoms with Crippen LogP contribution in [0.4, 0.5) is 0 Å². The Labute approximate surface area is 121 Å². The first-order valence-electron chi connectivity index (χ1n) is 8.14. The van der Waals surface area contributed by atoms with Gasteiger partial charge in [0.05, 0.1) is 0 Å². The lowest BCUT2D eigenvalue weighted by molar-refractivity contribution is 0.478. The lowest BCUT2D eigenvalue weighted by Gasteiger charge is -2.25. The summed E-state index contributed by atoms with van der Waals surface area (Å²) < 4.78 is 8.41. The van der Waals surface area contributed by atoms with Gasteiger partial charge < -0.3 is 0 Å². The number of rotatable bonds is 2. The average molecular weight is 259 g/mol. The summed E-state index contributed by atoms with van der Waals surface area (Å²) in [5.41, 5.74) is 3.03. The lowest BCUT2D eigenvalue weighted by Crippen LogP contribution is -2.20. The summed E-state index contributed by atoms with van der Waals surface area (Å²) in [5.74, 6) is 2.14. The number of hydrogen-bond donors (Lipinski definition) is 0. The molecule has 2 bridgehead atoms. The highest BCUT2D eigenvalue weighted by molar-refractivity contribution is 5.53. The molecule has 0 radical (unpaired) electrons. The predicted octanol–water partition coefficient (Wildman–Crippen LogP) is 4.42. The standard InChI is InChI=1S/C20H18/c1-3-7-16(8-4-1)20(17-9-5-2-6-10-17)18-14-11-12-15(13-14)19(18)20/h1-12,14-15,18-19H,13H2/t14-,15+,18-,19+/i13D/t13?,14-,15+,18-,19+. The van der Waals surface area contributed by atoms with Crippen molar-refractivity contribution in [2.45, 2.75) is 11.8 Å². The Hall–Kier alpha value is -1.82. The first-order valence-corrected chi connectivity index (χ1v) is 7.57. The molecule has 3 aliphatic rings. The SMILES string of the molecule is [2H]C1[C@H]2C=C[C@@H]1[C@H]1[C@@H]2C1(c1ccccc1)c1ccccc1. The van der Waals surface area contributed by atoms with Crippen LogP contribution in [0.25, 0.3) is 0 Å². The average Bonchev–Trinajstić information content (AvgIpc) is 3.04. The molecule has 0 saturated heterocycles. The van der Waals surface area contributed by atoms with Crippen molar-refractivity contribution < 1.29 is 1.37 Å². The lowest BCUT2D eigenvalue weighted by atomic mass is 9.78. The molecule has 5 rings (SSSR count). The van der Waals surface area contributed by atoms with E-state index in [0.717, 1.165) is 0 Å². The Balaban J connectivity index is 1.70. The van der Waals surface area contributed by atoms with Gasteiger partial charge in [-0.05, 0) is 41.2 Å². The van der Waals surface area contributed by atoms with Gasteiger partial charge in [-0.3, -0.25) is 0 Å². The van der Waals surface area contributed by atoms with E-state index in [0.29, 0.717) is 23.7 Å². The molecule has 0 heteroatoms. The minimum absolute atomic E-state index is 0.0977. The van der Waals surface area contributed by atoms with Crippen LogP contribution in [0.5, 0.6) is 0 Å². The normalized spacial score (nSPS) is 39.4. The van der Waals surface area contributed by atoms with Gasteiger partial charge in [0.25, 0.3) is 0 Å². The maximum absolute atomic E-state index is 8.41. The third kappa shape index (κ3) is 1.14. The maximum Gasteiger partial charge on any atom is 0.0279 e. The Morgan fingerprint density at radius 3 is 1.65 bits per heavy atom. The maximum atomic E-state index is 8.41. The van der Waals surface area contributed by atoms with Crippen LogP contribution in [-0.4, -0.2) is 0 Å². The highest BCUT2D eigenvalue weighted by atomic mass is 14.8. The largest absolute Gasteiger partial charge is 0.0848 e. The molecule has 5 atom stereocenters. The van der Waals surface area contributed by atoms with Gasteiger partial charge >= 0.3 is 0 Å². The predicted molar refractivity (Wildman–Crippen MR) is 81.4 cm³/mol. The zero-order chi connectivity index (χ0) is 14.0. The first-order chi connectivity index (χ1) is 10.3. The summed E-state index contributed by atoms with van der Waals surface area (Å²) in [4.78, 5) is 0. The second-order valence-corrected chi connectivity index (χ2v) is 6.38. The van der Waals surface area contributed by atoms with Crippen molar-refractivity contribution in [3.63, 3.8) is 0 Å². The van der Waals surface area contributed by atoms with Gasteiger partial charge in [0, 0.05) is 6.79 Å². The van der Waals surface area contributed by atoms with E-state index in [1.165, 1.54) is 11.1 Å². The van der Waals surface area contributed by atoms with Gasteiger partial charge in [-0.25, -0.2) is 0 Å². The molecule has 2 aromatic carbocycles. The fourth-order valence-electron chi connectivity index (χ4n) is 5.01. The molecule has 0 aliphatic heterocycles. The Morgan fingerprint density at radius 1 is 0.750 bits per heavy atom. The highest BCUT2D eigenvalue weighted by Gasteiger charge is 2.74. The molecule has 98 valence electrons. The van der Waals surface area contributed by atoms with Gasteiger partial charge in [0.1, 0.15) is 0 Å². The van der Waals surface area contributed by atoms with Crippen molar-refractivity contribution in [2.75, 3.05) is 0 Å². The molecule has 20 heavy (non-hydrogen) atoms. The van der Waals surface area contributed by atoms with Crippen molar-refractivity contribution in [1.82, 2.24) is 0 Å². The Kier molecular flexibility index (Phi) is 1.81. The van der Waals surface area contributed by atoms with Gasteiger partial charge in [-0.1, -0.05) is 72.8 Å². The topological polar surface area (TPSA) is 0 Å². The summed E-state index contributed by atoms with van der Waals surface area (Å²) in [5, 5.41) is 0. The van der Waals surface area contributed by atoms with E-state index in [1.54, 1.807) is 0 Å². The summed E-state index contributed by atoms with van der Waals surface area (Å²) in [6, 6.07) is 21.9. The minimum atomic E-state index is 0.0977. The molecule has 3 aliphatic carbocycles. The van der Waals surface area contributed by atoms with Crippen LogP contribution in [0.3, 0.4) is 0 Å². The molecule has 0 aromatic heterocycles. The van der Waals surface area contributed by atoms with Crippen molar-refractivity contribution >= 4 is 0 Å². The smallest absolute Gasteiger partial charge is 0.0279 e. The third-order valence-electron chi connectivity index (χ3n) is 5.66. The number of hydrogen-bond acceptors (Lipinski definition) is 0. The van der Waals surface area contributed by atoms with Gasteiger partial charge in [-0.15, -0.1) is 0 Å². The molecule has 1 unspecified atom stereocenters. The van der Waals surface area contributed by atoms with Crippen molar-refractivity contribution in [1.29, 1.82) is 0 Å². The van der Waals surface area contributed by atoms with Crippen LogP contribution in [-0.2, 0) is 5.41 Å². The van der Waals surface area contributed by atoms with E-state index >= 15 is 0 Å².